The van der Waals surface area contributed by atoms with E-state index in [0.717, 1.165) is 38.2 Å². The van der Waals surface area contributed by atoms with Crippen LogP contribution in [0, 0.1) is 0 Å². The first-order valence-corrected chi connectivity index (χ1v) is 11.3. The molecule has 2 fully saturated rings. The Bertz CT molecular complexity index is 749. The number of carbonyl (C=O) groups excluding carboxylic acids is 2. The van der Waals surface area contributed by atoms with Crippen LogP contribution in [0.1, 0.15) is 47.7 Å². The van der Waals surface area contributed by atoms with Crippen molar-refractivity contribution in [1.29, 1.82) is 0 Å². The summed E-state index contributed by atoms with van der Waals surface area (Å²) in [5.74, 6) is 0.472. The molecule has 1 aromatic rings. The van der Waals surface area contributed by atoms with Crippen LogP contribution in [-0.2, 0) is 32.0 Å². The molecule has 4 rings (SSSR count). The maximum atomic E-state index is 12.8. The van der Waals surface area contributed by atoms with Crippen molar-refractivity contribution in [3.05, 3.63) is 15.6 Å². The van der Waals surface area contributed by atoms with Crippen LogP contribution in [0.25, 0.3) is 0 Å². The second-order valence-electron chi connectivity index (χ2n) is 8.26. The number of rotatable bonds is 5. The van der Waals surface area contributed by atoms with Gasteiger partial charge in [-0.25, -0.2) is 4.98 Å². The average molecular weight is 423 g/mol. The Morgan fingerprint density at radius 1 is 1.38 bits per heavy atom. The molecule has 0 saturated carbocycles. The lowest BCUT2D eigenvalue weighted by molar-refractivity contribution is -0.148. The number of nitrogens with two attached hydrogens (primary N) is 1. The summed E-state index contributed by atoms with van der Waals surface area (Å²) < 4.78 is 10.8. The third kappa shape index (κ3) is 4.96. The molecule has 29 heavy (non-hydrogen) atoms. The highest BCUT2D eigenvalue weighted by molar-refractivity contribution is 7.11. The summed E-state index contributed by atoms with van der Waals surface area (Å²) in [6, 6.07) is -0.369. The van der Waals surface area contributed by atoms with Crippen molar-refractivity contribution in [3.63, 3.8) is 0 Å². The first kappa shape index (κ1) is 20.7. The minimum absolute atomic E-state index is 0.00528. The first-order chi connectivity index (χ1) is 14.0. The van der Waals surface area contributed by atoms with Crippen molar-refractivity contribution in [2.24, 2.45) is 5.73 Å². The van der Waals surface area contributed by atoms with Gasteiger partial charge < -0.3 is 25.0 Å². The molecule has 160 valence electrons. The van der Waals surface area contributed by atoms with Crippen LogP contribution in [0.5, 0.6) is 0 Å². The van der Waals surface area contributed by atoms with Crippen molar-refractivity contribution in [1.82, 2.24) is 14.8 Å². The van der Waals surface area contributed by atoms with E-state index in [1.807, 2.05) is 23.2 Å². The molecule has 0 unspecified atom stereocenters. The number of fused-ring (bicyclic) bond motifs is 1. The van der Waals surface area contributed by atoms with Crippen LogP contribution in [0.3, 0.4) is 0 Å². The first-order valence-electron chi connectivity index (χ1n) is 10.5. The lowest BCUT2D eigenvalue weighted by atomic mass is 10.0. The average Bonchev–Trinajstić information content (AvgIpc) is 3.14. The number of aromatic nitrogens is 1. The molecule has 0 spiro atoms. The summed E-state index contributed by atoms with van der Waals surface area (Å²) in [7, 11) is 0. The molecule has 9 heteroatoms. The minimum Gasteiger partial charge on any atom is -0.381 e. The van der Waals surface area contributed by atoms with Gasteiger partial charge in [-0.2, -0.15) is 0 Å². The van der Waals surface area contributed by atoms with E-state index >= 15 is 0 Å². The van der Waals surface area contributed by atoms with Crippen LogP contribution in [0.2, 0.25) is 0 Å². The SMILES string of the molecule is C[C@H]1CN(C[C@H](N)CC(=O)N2CCc3sc(C4CCOCC4)nc3C2)C(=O)CO1. The number of thiazole rings is 1. The fourth-order valence-corrected chi connectivity index (χ4v) is 5.43. The van der Waals surface area contributed by atoms with E-state index in [-0.39, 0.29) is 37.0 Å². The summed E-state index contributed by atoms with van der Waals surface area (Å²) >= 11 is 1.81. The number of hydrogen-bond acceptors (Lipinski definition) is 7. The van der Waals surface area contributed by atoms with Gasteiger partial charge >= 0.3 is 0 Å². The summed E-state index contributed by atoms with van der Waals surface area (Å²) in [5, 5.41) is 1.20. The van der Waals surface area contributed by atoms with Gasteiger partial charge in [-0.1, -0.05) is 0 Å². The number of morpholine rings is 1. The third-order valence-electron chi connectivity index (χ3n) is 5.88. The van der Waals surface area contributed by atoms with Gasteiger partial charge in [-0.3, -0.25) is 9.59 Å². The summed E-state index contributed by atoms with van der Waals surface area (Å²) in [4.78, 5) is 34.5. The van der Waals surface area contributed by atoms with Crippen molar-refractivity contribution < 1.29 is 19.1 Å². The zero-order valence-electron chi connectivity index (χ0n) is 17.0. The number of ether oxygens (including phenoxy) is 2. The molecule has 2 saturated heterocycles. The van der Waals surface area contributed by atoms with Crippen molar-refractivity contribution >= 4 is 23.2 Å². The molecule has 2 N–H and O–H groups in total. The lowest BCUT2D eigenvalue weighted by Gasteiger charge is -2.33. The molecule has 2 amide bonds. The second kappa shape index (κ2) is 9.07. The zero-order valence-corrected chi connectivity index (χ0v) is 17.8. The van der Waals surface area contributed by atoms with Crippen molar-refractivity contribution in [2.45, 2.75) is 57.2 Å². The lowest BCUT2D eigenvalue weighted by Crippen LogP contribution is -2.51. The van der Waals surface area contributed by atoms with E-state index in [0.29, 0.717) is 32.1 Å². The van der Waals surface area contributed by atoms with Gasteiger partial charge in [0.2, 0.25) is 11.8 Å². The van der Waals surface area contributed by atoms with Crippen LogP contribution in [0.15, 0.2) is 0 Å². The smallest absolute Gasteiger partial charge is 0.248 e. The highest BCUT2D eigenvalue weighted by Crippen LogP contribution is 2.34. The quantitative estimate of drug-likeness (QED) is 0.757. The Morgan fingerprint density at radius 3 is 2.97 bits per heavy atom. The number of carbonyl (C=O) groups is 2. The highest BCUT2D eigenvalue weighted by Gasteiger charge is 2.29. The van der Waals surface area contributed by atoms with Gasteiger partial charge in [-0.15, -0.1) is 11.3 Å². The van der Waals surface area contributed by atoms with Crippen LogP contribution < -0.4 is 5.73 Å². The predicted molar refractivity (Wildman–Crippen MR) is 109 cm³/mol. The van der Waals surface area contributed by atoms with E-state index in [1.54, 1.807) is 4.90 Å². The van der Waals surface area contributed by atoms with Crippen molar-refractivity contribution in [2.75, 3.05) is 39.5 Å². The molecule has 0 aromatic carbocycles. The Balaban J connectivity index is 1.31. The number of nitrogens with zero attached hydrogens (tertiary/aromatic N) is 3. The van der Waals surface area contributed by atoms with Crippen LogP contribution in [0.4, 0.5) is 0 Å². The van der Waals surface area contributed by atoms with E-state index in [2.05, 4.69) is 0 Å². The Morgan fingerprint density at radius 2 is 2.17 bits per heavy atom. The van der Waals surface area contributed by atoms with E-state index < -0.39 is 0 Å². The summed E-state index contributed by atoms with van der Waals surface area (Å²) in [6.45, 7) is 5.84. The molecule has 0 bridgehead atoms. The fourth-order valence-electron chi connectivity index (χ4n) is 4.20. The second-order valence-corrected chi connectivity index (χ2v) is 9.37. The molecule has 2 atom stereocenters. The predicted octanol–water partition coefficient (Wildman–Crippen LogP) is 0.887. The Kier molecular flexibility index (Phi) is 6.48. The minimum atomic E-state index is -0.369. The molecule has 8 nitrogen and oxygen atoms in total. The molecular weight excluding hydrogens is 392 g/mol. The van der Waals surface area contributed by atoms with Gasteiger partial charge in [-0.05, 0) is 19.8 Å². The van der Waals surface area contributed by atoms with E-state index in [4.69, 9.17) is 20.2 Å². The van der Waals surface area contributed by atoms with Gasteiger partial charge in [0.05, 0.1) is 23.4 Å². The maximum absolute atomic E-state index is 12.8. The molecule has 0 aliphatic carbocycles. The zero-order chi connectivity index (χ0) is 20.4. The fraction of sp³-hybridized carbons (Fsp3) is 0.750. The Hall–Kier alpha value is -1.55. The van der Waals surface area contributed by atoms with Gasteiger partial charge in [0, 0.05) is 62.5 Å². The van der Waals surface area contributed by atoms with Gasteiger partial charge in [0.15, 0.2) is 0 Å². The van der Waals surface area contributed by atoms with Gasteiger partial charge in [0.1, 0.15) is 6.61 Å². The molecule has 3 aliphatic rings. The topological polar surface area (TPSA) is 98.0 Å². The molecule has 1 aromatic heterocycles. The number of hydrogen-bond donors (Lipinski definition) is 1. The largest absolute Gasteiger partial charge is 0.381 e. The summed E-state index contributed by atoms with van der Waals surface area (Å²) in [6.07, 6.45) is 3.17. The molecule has 3 aliphatic heterocycles. The third-order valence-corrected chi connectivity index (χ3v) is 7.20. The Labute approximate surface area is 175 Å². The summed E-state index contributed by atoms with van der Waals surface area (Å²) in [5.41, 5.74) is 7.25. The van der Waals surface area contributed by atoms with Crippen LogP contribution in [-0.4, -0.2) is 78.2 Å². The van der Waals surface area contributed by atoms with Crippen molar-refractivity contribution in [3.8, 4) is 0 Å². The molecule has 0 radical (unpaired) electrons. The molecular formula is C20H30N4O4S. The van der Waals surface area contributed by atoms with Gasteiger partial charge in [0.25, 0.3) is 0 Å². The van der Waals surface area contributed by atoms with E-state index in [9.17, 15) is 9.59 Å². The monoisotopic (exact) mass is 422 g/mol. The molecule has 4 heterocycles. The number of amides is 2. The normalized spacial score (nSPS) is 24.5. The van der Waals surface area contributed by atoms with Crippen LogP contribution >= 0.6 is 11.3 Å². The highest BCUT2D eigenvalue weighted by atomic mass is 32.1. The van der Waals surface area contributed by atoms with E-state index in [1.165, 1.54) is 9.88 Å². The maximum Gasteiger partial charge on any atom is 0.248 e. The standard InChI is InChI=1S/C20H30N4O4S/c1-13-9-24(19(26)12-28-13)10-15(21)8-18(25)23-5-2-17-16(11-23)22-20(29-17)14-3-6-27-7-4-14/h13-15H,2-12,21H2,1H3/t13-,15+/m0/s1.